The number of amides is 1. The van der Waals surface area contributed by atoms with Crippen LogP contribution in [0, 0.1) is 0 Å². The van der Waals surface area contributed by atoms with Gasteiger partial charge >= 0.3 is 0 Å². The number of imidazole rings is 1. The summed E-state index contributed by atoms with van der Waals surface area (Å²) in [6.07, 6.45) is 0.867. The zero-order valence-corrected chi connectivity index (χ0v) is 11.3. The predicted molar refractivity (Wildman–Crippen MR) is 77.7 cm³/mol. The van der Waals surface area contributed by atoms with Crippen LogP contribution in [0.4, 0.5) is 5.69 Å². The van der Waals surface area contributed by atoms with E-state index in [0.717, 1.165) is 29.0 Å². The minimum absolute atomic E-state index is 0.0791. The number of rotatable bonds is 3. The molecule has 2 N–H and O–H groups in total. The normalized spacial score (nSPS) is 10.8. The monoisotopic (exact) mass is 271 g/mol. The second-order valence-electron chi connectivity index (χ2n) is 4.20. The average molecular weight is 271 g/mol. The Morgan fingerprint density at radius 3 is 3.05 bits per heavy atom. The number of carbonyl (C=O) groups is 1. The number of aromatic nitrogens is 2. The van der Waals surface area contributed by atoms with Crippen LogP contribution < -0.4 is 5.32 Å². The topological polar surface area (TPSA) is 57.8 Å². The number of hydrogen-bond donors (Lipinski definition) is 2. The molecule has 1 amide bonds. The molecule has 0 spiro atoms. The maximum absolute atomic E-state index is 11.9. The highest BCUT2D eigenvalue weighted by molar-refractivity contribution is 7.12. The Labute approximate surface area is 114 Å². The summed E-state index contributed by atoms with van der Waals surface area (Å²) in [5.41, 5.74) is 2.64. The maximum Gasteiger partial charge on any atom is 0.265 e. The van der Waals surface area contributed by atoms with Gasteiger partial charge in [-0.25, -0.2) is 4.98 Å². The molecule has 4 nitrogen and oxygen atoms in total. The Hall–Kier alpha value is -2.14. The molecule has 0 aliphatic carbocycles. The van der Waals surface area contributed by atoms with Crippen LogP contribution in [0.15, 0.2) is 35.7 Å². The van der Waals surface area contributed by atoms with Crippen LogP contribution in [0.25, 0.3) is 11.0 Å². The molecular weight excluding hydrogens is 258 g/mol. The molecular formula is C14H13N3OS. The lowest BCUT2D eigenvalue weighted by molar-refractivity contribution is 0.103. The van der Waals surface area contributed by atoms with E-state index in [4.69, 9.17) is 0 Å². The molecule has 3 rings (SSSR count). The number of nitrogens with one attached hydrogen (secondary N) is 2. The lowest BCUT2D eigenvalue weighted by Gasteiger charge is -2.03. The van der Waals surface area contributed by atoms with Crippen LogP contribution in [0.3, 0.4) is 0 Å². The van der Waals surface area contributed by atoms with Crippen LogP contribution in [0.2, 0.25) is 0 Å². The number of anilines is 1. The highest BCUT2D eigenvalue weighted by Gasteiger charge is 2.08. The first-order valence-corrected chi connectivity index (χ1v) is 6.97. The summed E-state index contributed by atoms with van der Waals surface area (Å²) < 4.78 is 0. The largest absolute Gasteiger partial charge is 0.342 e. The first kappa shape index (κ1) is 11.9. The van der Waals surface area contributed by atoms with Gasteiger partial charge in [0.1, 0.15) is 5.82 Å². The molecule has 2 aromatic heterocycles. The van der Waals surface area contributed by atoms with E-state index in [1.54, 1.807) is 0 Å². The van der Waals surface area contributed by atoms with E-state index in [9.17, 15) is 4.79 Å². The van der Waals surface area contributed by atoms with Gasteiger partial charge in [-0.1, -0.05) is 13.0 Å². The average Bonchev–Trinajstić information content (AvgIpc) is 3.07. The molecule has 0 aliphatic rings. The highest BCUT2D eigenvalue weighted by Crippen LogP contribution is 2.19. The van der Waals surface area contributed by atoms with Crippen LogP contribution in [-0.4, -0.2) is 15.9 Å². The summed E-state index contributed by atoms with van der Waals surface area (Å²) in [5.74, 6) is 0.876. The first-order valence-electron chi connectivity index (χ1n) is 6.10. The summed E-state index contributed by atoms with van der Waals surface area (Å²) in [6, 6.07) is 9.37. The molecule has 0 fully saturated rings. The van der Waals surface area contributed by atoms with E-state index in [0.29, 0.717) is 4.88 Å². The molecule has 3 aromatic rings. The lowest BCUT2D eigenvalue weighted by atomic mass is 10.2. The summed E-state index contributed by atoms with van der Waals surface area (Å²) in [7, 11) is 0. The Balaban J connectivity index is 1.87. The highest BCUT2D eigenvalue weighted by atomic mass is 32.1. The van der Waals surface area contributed by atoms with Crippen molar-refractivity contribution in [2.24, 2.45) is 0 Å². The Bertz CT molecular complexity index is 715. The van der Waals surface area contributed by atoms with Crippen molar-refractivity contribution in [1.29, 1.82) is 0 Å². The SMILES string of the molecule is CCc1nc2ccc(NC(=O)c3cccs3)cc2[nH]1. The molecule has 0 radical (unpaired) electrons. The third kappa shape index (κ3) is 2.37. The Kier molecular flexibility index (Phi) is 3.05. The minimum Gasteiger partial charge on any atom is -0.342 e. The molecule has 19 heavy (non-hydrogen) atoms. The lowest BCUT2D eigenvalue weighted by Crippen LogP contribution is -2.09. The fourth-order valence-electron chi connectivity index (χ4n) is 1.91. The van der Waals surface area contributed by atoms with Crippen molar-refractivity contribution in [1.82, 2.24) is 9.97 Å². The number of nitrogens with zero attached hydrogens (tertiary/aromatic N) is 1. The second kappa shape index (κ2) is 4.85. The van der Waals surface area contributed by atoms with E-state index in [1.807, 2.05) is 35.7 Å². The molecule has 0 saturated heterocycles. The molecule has 0 atom stereocenters. The summed E-state index contributed by atoms with van der Waals surface area (Å²) in [4.78, 5) is 20.3. The number of aryl methyl sites for hydroxylation is 1. The maximum atomic E-state index is 11.9. The van der Waals surface area contributed by atoms with Gasteiger partial charge in [-0.3, -0.25) is 4.79 Å². The number of benzene rings is 1. The third-order valence-electron chi connectivity index (χ3n) is 2.87. The van der Waals surface area contributed by atoms with Gasteiger partial charge in [0, 0.05) is 12.1 Å². The van der Waals surface area contributed by atoms with Crippen molar-refractivity contribution in [3.05, 3.63) is 46.4 Å². The van der Waals surface area contributed by atoms with Gasteiger partial charge < -0.3 is 10.3 Å². The van der Waals surface area contributed by atoms with E-state index < -0.39 is 0 Å². The van der Waals surface area contributed by atoms with E-state index in [-0.39, 0.29) is 5.91 Å². The second-order valence-corrected chi connectivity index (χ2v) is 5.15. The number of aromatic amines is 1. The summed E-state index contributed by atoms with van der Waals surface area (Å²) in [6.45, 7) is 2.05. The van der Waals surface area contributed by atoms with Crippen LogP contribution in [0.1, 0.15) is 22.4 Å². The van der Waals surface area contributed by atoms with Gasteiger partial charge in [0.25, 0.3) is 5.91 Å². The van der Waals surface area contributed by atoms with Crippen molar-refractivity contribution < 1.29 is 4.79 Å². The molecule has 1 aromatic carbocycles. The van der Waals surface area contributed by atoms with Gasteiger partial charge in [0.2, 0.25) is 0 Å². The van der Waals surface area contributed by atoms with Crippen LogP contribution in [-0.2, 0) is 6.42 Å². The number of H-pyrrole nitrogens is 1. The minimum atomic E-state index is -0.0791. The predicted octanol–water partition coefficient (Wildman–Crippen LogP) is 3.44. The number of carbonyl (C=O) groups excluding carboxylic acids is 1. The van der Waals surface area contributed by atoms with Gasteiger partial charge in [-0.15, -0.1) is 11.3 Å². The number of hydrogen-bond acceptors (Lipinski definition) is 3. The quantitative estimate of drug-likeness (QED) is 0.766. The van der Waals surface area contributed by atoms with Crippen LogP contribution >= 0.6 is 11.3 Å². The Morgan fingerprint density at radius 1 is 1.42 bits per heavy atom. The number of fused-ring (bicyclic) bond motifs is 1. The van der Waals surface area contributed by atoms with E-state index in [1.165, 1.54) is 11.3 Å². The van der Waals surface area contributed by atoms with Gasteiger partial charge in [0.05, 0.1) is 15.9 Å². The van der Waals surface area contributed by atoms with Gasteiger partial charge in [-0.05, 0) is 29.6 Å². The fraction of sp³-hybridized carbons (Fsp3) is 0.143. The summed E-state index contributed by atoms with van der Waals surface area (Å²) in [5, 5.41) is 4.78. The molecule has 5 heteroatoms. The van der Waals surface area contributed by atoms with Crippen molar-refractivity contribution in [2.45, 2.75) is 13.3 Å². The van der Waals surface area contributed by atoms with Crippen LogP contribution in [0.5, 0.6) is 0 Å². The molecule has 96 valence electrons. The van der Waals surface area contributed by atoms with Gasteiger partial charge in [0.15, 0.2) is 0 Å². The van der Waals surface area contributed by atoms with Crippen molar-refractivity contribution in [3.8, 4) is 0 Å². The van der Waals surface area contributed by atoms with E-state index in [2.05, 4.69) is 22.2 Å². The first-order chi connectivity index (χ1) is 9.26. The van der Waals surface area contributed by atoms with Crippen molar-refractivity contribution in [2.75, 3.05) is 5.32 Å². The molecule has 0 bridgehead atoms. The summed E-state index contributed by atoms with van der Waals surface area (Å²) >= 11 is 1.43. The molecule has 2 heterocycles. The fourth-order valence-corrected chi connectivity index (χ4v) is 2.53. The molecule has 0 unspecified atom stereocenters. The molecule has 0 saturated carbocycles. The smallest absolute Gasteiger partial charge is 0.265 e. The number of thiophene rings is 1. The van der Waals surface area contributed by atoms with Gasteiger partial charge in [-0.2, -0.15) is 0 Å². The third-order valence-corrected chi connectivity index (χ3v) is 3.74. The standard InChI is InChI=1S/C14H13N3OS/c1-2-13-16-10-6-5-9(8-11(10)17-13)15-14(18)12-4-3-7-19-12/h3-8H,2H2,1H3,(H,15,18)(H,16,17). The van der Waals surface area contributed by atoms with E-state index >= 15 is 0 Å². The zero-order chi connectivity index (χ0) is 13.2. The Morgan fingerprint density at radius 2 is 2.32 bits per heavy atom. The van der Waals surface area contributed by atoms with Crippen molar-refractivity contribution in [3.63, 3.8) is 0 Å². The van der Waals surface area contributed by atoms with Crippen molar-refractivity contribution >= 4 is 34.0 Å². The zero-order valence-electron chi connectivity index (χ0n) is 10.4. The molecule has 0 aliphatic heterocycles.